The van der Waals surface area contributed by atoms with Gasteiger partial charge in [0.25, 0.3) is 0 Å². The van der Waals surface area contributed by atoms with E-state index in [0.29, 0.717) is 6.54 Å². The van der Waals surface area contributed by atoms with Gasteiger partial charge in [-0.2, -0.15) is 0 Å². The van der Waals surface area contributed by atoms with Crippen molar-refractivity contribution in [2.24, 2.45) is 0 Å². The van der Waals surface area contributed by atoms with E-state index in [1.54, 1.807) is 11.3 Å². The lowest BCUT2D eigenvalue weighted by Crippen LogP contribution is -2.15. The molecule has 0 spiro atoms. The minimum absolute atomic E-state index is 0.711. The molecular weight excluding hydrogens is 258 g/mol. The van der Waals surface area contributed by atoms with Crippen LogP contribution in [-0.4, -0.2) is 12.0 Å². The van der Waals surface area contributed by atoms with E-state index in [-0.39, 0.29) is 0 Å². The van der Waals surface area contributed by atoms with E-state index in [9.17, 15) is 0 Å². The number of aromatic nitrogens is 1. The molecule has 4 nitrogen and oxygen atoms in total. The van der Waals surface area contributed by atoms with E-state index in [1.165, 1.54) is 0 Å². The average molecular weight is 273 g/mol. The van der Waals surface area contributed by atoms with Crippen LogP contribution in [0.4, 0.5) is 10.8 Å². The van der Waals surface area contributed by atoms with Crippen LogP contribution in [0.2, 0.25) is 0 Å². The minimum atomic E-state index is 0.711. The van der Waals surface area contributed by atoms with Gasteiger partial charge in [0.2, 0.25) is 0 Å². The van der Waals surface area contributed by atoms with Crippen molar-refractivity contribution in [1.29, 1.82) is 0 Å². The maximum atomic E-state index is 5.79. The molecule has 2 N–H and O–H groups in total. The molecule has 3 rings (SSSR count). The van der Waals surface area contributed by atoms with Crippen molar-refractivity contribution in [2.75, 3.05) is 17.7 Å². The van der Waals surface area contributed by atoms with Gasteiger partial charge in [-0.05, 0) is 37.3 Å². The zero-order valence-corrected chi connectivity index (χ0v) is 11.7. The Morgan fingerprint density at radius 3 is 2.89 bits per heavy atom. The monoisotopic (exact) mass is 273 g/mol. The lowest BCUT2D eigenvalue weighted by atomic mass is 10.3. The van der Waals surface area contributed by atoms with Gasteiger partial charge in [-0.15, -0.1) is 0 Å². The molecular formula is C14H15N3OS. The number of furan rings is 1. The SMILES string of the molecule is Cc1ccc(CN(C)c2nc3ccc(N)cc3s2)o1. The molecule has 0 radical (unpaired) electrons. The maximum Gasteiger partial charge on any atom is 0.186 e. The maximum absolute atomic E-state index is 5.79. The number of fused-ring (bicyclic) bond motifs is 1. The molecule has 19 heavy (non-hydrogen) atoms. The first-order valence-electron chi connectivity index (χ1n) is 6.04. The van der Waals surface area contributed by atoms with Crippen molar-refractivity contribution in [1.82, 2.24) is 4.98 Å². The van der Waals surface area contributed by atoms with Crippen molar-refractivity contribution in [3.05, 3.63) is 41.9 Å². The van der Waals surface area contributed by atoms with Crippen molar-refractivity contribution < 1.29 is 4.42 Å². The largest absolute Gasteiger partial charge is 0.464 e. The molecule has 0 unspecified atom stereocenters. The highest BCUT2D eigenvalue weighted by molar-refractivity contribution is 7.22. The van der Waals surface area contributed by atoms with Gasteiger partial charge in [0.1, 0.15) is 11.5 Å². The predicted octanol–water partition coefficient (Wildman–Crippen LogP) is 3.42. The molecule has 0 aliphatic carbocycles. The summed E-state index contributed by atoms with van der Waals surface area (Å²) in [6.07, 6.45) is 0. The van der Waals surface area contributed by atoms with Crippen LogP contribution in [0.5, 0.6) is 0 Å². The molecule has 0 fully saturated rings. The molecule has 98 valence electrons. The first-order chi connectivity index (χ1) is 9.11. The second kappa shape index (κ2) is 4.59. The predicted molar refractivity (Wildman–Crippen MR) is 79.6 cm³/mol. The van der Waals surface area contributed by atoms with Crippen molar-refractivity contribution >= 4 is 32.4 Å². The van der Waals surface area contributed by atoms with Crippen LogP contribution in [0.3, 0.4) is 0 Å². The standard InChI is InChI=1S/C14H15N3OS/c1-9-3-5-11(18-9)8-17(2)14-16-12-6-4-10(15)7-13(12)19-14/h3-7H,8,15H2,1-2H3. The zero-order chi connectivity index (χ0) is 13.4. The van der Waals surface area contributed by atoms with Crippen LogP contribution in [0.15, 0.2) is 34.7 Å². The highest BCUT2D eigenvalue weighted by Gasteiger charge is 2.10. The van der Waals surface area contributed by atoms with Gasteiger partial charge in [-0.25, -0.2) is 4.98 Å². The van der Waals surface area contributed by atoms with Gasteiger partial charge in [-0.1, -0.05) is 11.3 Å². The Hall–Kier alpha value is -2.01. The fraction of sp³-hybridized carbons (Fsp3) is 0.214. The van der Waals surface area contributed by atoms with Gasteiger partial charge in [-0.3, -0.25) is 0 Å². The van der Waals surface area contributed by atoms with Gasteiger partial charge in [0.15, 0.2) is 5.13 Å². The fourth-order valence-electron chi connectivity index (χ4n) is 1.96. The Morgan fingerprint density at radius 1 is 1.32 bits per heavy atom. The number of thiazole rings is 1. The number of benzene rings is 1. The van der Waals surface area contributed by atoms with E-state index < -0.39 is 0 Å². The smallest absolute Gasteiger partial charge is 0.186 e. The Bertz CT molecular complexity index is 716. The van der Waals surface area contributed by atoms with Crippen LogP contribution in [0, 0.1) is 6.92 Å². The van der Waals surface area contributed by atoms with E-state index in [2.05, 4.69) is 9.88 Å². The van der Waals surface area contributed by atoms with Crippen molar-refractivity contribution in [3.63, 3.8) is 0 Å². The summed E-state index contributed by atoms with van der Waals surface area (Å²) in [5.41, 5.74) is 7.54. The number of rotatable bonds is 3. The van der Waals surface area contributed by atoms with Crippen molar-refractivity contribution in [3.8, 4) is 0 Å². The first-order valence-corrected chi connectivity index (χ1v) is 6.86. The molecule has 0 saturated heterocycles. The summed E-state index contributed by atoms with van der Waals surface area (Å²) >= 11 is 1.64. The summed E-state index contributed by atoms with van der Waals surface area (Å²) in [5, 5.41) is 0.967. The van der Waals surface area contributed by atoms with E-state index >= 15 is 0 Å². The molecule has 2 aromatic heterocycles. The van der Waals surface area contributed by atoms with Crippen LogP contribution in [0.1, 0.15) is 11.5 Å². The molecule has 2 heterocycles. The lowest BCUT2D eigenvalue weighted by Gasteiger charge is -2.13. The zero-order valence-electron chi connectivity index (χ0n) is 10.9. The lowest BCUT2D eigenvalue weighted by molar-refractivity contribution is 0.482. The van der Waals surface area contributed by atoms with Gasteiger partial charge in [0, 0.05) is 12.7 Å². The normalized spacial score (nSPS) is 11.1. The number of hydrogen-bond donors (Lipinski definition) is 1. The summed E-state index contributed by atoms with van der Waals surface area (Å²) in [6.45, 7) is 2.66. The van der Waals surface area contributed by atoms with Gasteiger partial charge in [0.05, 0.1) is 16.8 Å². The number of nitrogen functional groups attached to an aromatic ring is 1. The summed E-state index contributed by atoms with van der Waals surface area (Å²) < 4.78 is 6.69. The van der Waals surface area contributed by atoms with Gasteiger partial charge >= 0.3 is 0 Å². The number of nitrogens with two attached hydrogens (primary N) is 1. The van der Waals surface area contributed by atoms with E-state index in [1.807, 2.05) is 44.3 Å². The Labute approximate surface area is 115 Å². The number of hydrogen-bond acceptors (Lipinski definition) is 5. The second-order valence-corrected chi connectivity index (χ2v) is 5.60. The fourth-order valence-corrected chi connectivity index (χ4v) is 2.94. The van der Waals surface area contributed by atoms with Crippen LogP contribution in [0.25, 0.3) is 10.2 Å². The Kier molecular flexibility index (Phi) is 2.91. The molecule has 0 aliphatic heterocycles. The highest BCUT2D eigenvalue weighted by atomic mass is 32.1. The summed E-state index contributed by atoms with van der Waals surface area (Å²) in [6, 6.07) is 9.76. The molecule has 5 heteroatoms. The van der Waals surface area contributed by atoms with E-state index in [4.69, 9.17) is 10.2 Å². The van der Waals surface area contributed by atoms with E-state index in [0.717, 1.165) is 32.6 Å². The number of anilines is 2. The molecule has 0 saturated carbocycles. The molecule has 0 atom stereocenters. The summed E-state index contributed by atoms with van der Waals surface area (Å²) in [4.78, 5) is 6.69. The Morgan fingerprint density at radius 2 is 2.16 bits per heavy atom. The molecule has 0 aliphatic rings. The molecule has 1 aromatic carbocycles. The molecule has 0 amide bonds. The van der Waals surface area contributed by atoms with Crippen molar-refractivity contribution in [2.45, 2.75) is 13.5 Å². The molecule has 3 aromatic rings. The third-order valence-corrected chi connectivity index (χ3v) is 4.05. The topological polar surface area (TPSA) is 55.3 Å². The Balaban J connectivity index is 1.86. The van der Waals surface area contributed by atoms with Crippen LogP contribution < -0.4 is 10.6 Å². The first kappa shape index (κ1) is 12.0. The number of nitrogens with zero attached hydrogens (tertiary/aromatic N) is 2. The van der Waals surface area contributed by atoms with Gasteiger partial charge < -0.3 is 15.1 Å². The highest BCUT2D eigenvalue weighted by Crippen LogP contribution is 2.30. The van der Waals surface area contributed by atoms with Crippen LogP contribution in [-0.2, 0) is 6.54 Å². The quantitative estimate of drug-likeness (QED) is 0.743. The van der Waals surface area contributed by atoms with Crippen LogP contribution >= 0.6 is 11.3 Å². The average Bonchev–Trinajstić information content (AvgIpc) is 2.95. The number of aryl methyl sites for hydroxylation is 1. The summed E-state index contributed by atoms with van der Waals surface area (Å²) in [5.74, 6) is 1.87. The third-order valence-electron chi connectivity index (χ3n) is 2.92. The second-order valence-electron chi connectivity index (χ2n) is 4.59. The third kappa shape index (κ3) is 2.42. The summed E-state index contributed by atoms with van der Waals surface area (Å²) in [7, 11) is 2.01. The minimum Gasteiger partial charge on any atom is -0.464 e. The molecule has 0 bridgehead atoms.